The second-order valence-electron chi connectivity index (χ2n) is 1.93. The van der Waals surface area contributed by atoms with E-state index in [1.165, 1.54) is 0 Å². The van der Waals surface area contributed by atoms with E-state index in [1.807, 2.05) is 0 Å². The number of allylic oxidation sites excluding steroid dienone is 1. The zero-order valence-corrected chi connectivity index (χ0v) is 7.13. The van der Waals surface area contributed by atoms with Crippen LogP contribution in [0, 0.1) is 0 Å². The Kier molecular flexibility index (Phi) is 6.54. The third-order valence-corrected chi connectivity index (χ3v) is 0.720. The standard InChI is InChI=1S/C4HF7.C2H6O/c5-1-2(3(6,7)8)4(9,10)11;1-3-2/h1H;1-2H3. The molecule has 0 aromatic rings. The predicted molar refractivity (Wildman–Crippen MR) is 34.2 cm³/mol. The smallest absolute Gasteiger partial charge is 0.388 e. The zero-order chi connectivity index (χ0) is 12.0. The highest BCUT2D eigenvalue weighted by Gasteiger charge is 2.51. The minimum absolute atomic E-state index is 1.50. The van der Waals surface area contributed by atoms with Crippen LogP contribution in [0.1, 0.15) is 0 Å². The van der Waals surface area contributed by atoms with Gasteiger partial charge in [0.2, 0.25) is 0 Å². The molecule has 0 spiro atoms. The van der Waals surface area contributed by atoms with Crippen molar-refractivity contribution in [1.82, 2.24) is 0 Å². The molecule has 0 aliphatic heterocycles. The highest BCUT2D eigenvalue weighted by atomic mass is 19.4. The van der Waals surface area contributed by atoms with Gasteiger partial charge in [-0.25, -0.2) is 4.39 Å². The largest absolute Gasteiger partial charge is 0.423 e. The van der Waals surface area contributed by atoms with E-state index in [2.05, 4.69) is 4.74 Å². The first kappa shape index (κ1) is 15.7. The molecule has 0 fully saturated rings. The average Bonchev–Trinajstić information content (AvgIpc) is 1.82. The first-order valence-corrected chi connectivity index (χ1v) is 2.96. The maximum atomic E-state index is 11.2. The first-order valence-electron chi connectivity index (χ1n) is 2.96. The van der Waals surface area contributed by atoms with E-state index >= 15 is 0 Å². The molecule has 1 nitrogen and oxygen atoms in total. The van der Waals surface area contributed by atoms with Crippen molar-refractivity contribution >= 4 is 0 Å². The van der Waals surface area contributed by atoms with E-state index in [0.29, 0.717) is 0 Å². The molecule has 0 aromatic heterocycles. The Balaban J connectivity index is 0. The van der Waals surface area contributed by atoms with Crippen molar-refractivity contribution in [3.8, 4) is 0 Å². The summed E-state index contributed by atoms with van der Waals surface area (Å²) in [4.78, 5) is 0. The summed E-state index contributed by atoms with van der Waals surface area (Å²) in [5.74, 6) is 0. The summed E-state index contributed by atoms with van der Waals surface area (Å²) < 4.78 is 82.4. The van der Waals surface area contributed by atoms with E-state index < -0.39 is 24.3 Å². The Morgan fingerprint density at radius 3 is 1.14 bits per heavy atom. The van der Waals surface area contributed by atoms with Gasteiger partial charge in [0.1, 0.15) is 6.33 Å². The maximum Gasteiger partial charge on any atom is 0.423 e. The lowest BCUT2D eigenvalue weighted by Crippen LogP contribution is -2.25. The van der Waals surface area contributed by atoms with Gasteiger partial charge in [-0.05, 0) is 0 Å². The molecule has 0 bridgehead atoms. The Labute approximate surface area is 75.2 Å². The van der Waals surface area contributed by atoms with Crippen molar-refractivity contribution in [2.45, 2.75) is 12.4 Å². The average molecular weight is 228 g/mol. The molecule has 0 amide bonds. The summed E-state index contributed by atoms with van der Waals surface area (Å²) in [6, 6.07) is 0. The lowest BCUT2D eigenvalue weighted by molar-refractivity contribution is -0.173. The number of rotatable bonds is 0. The van der Waals surface area contributed by atoms with Crippen molar-refractivity contribution in [2.24, 2.45) is 0 Å². The number of alkyl halides is 6. The third kappa shape index (κ3) is 6.70. The van der Waals surface area contributed by atoms with E-state index in [4.69, 9.17) is 0 Å². The highest BCUT2D eigenvalue weighted by molar-refractivity contribution is 5.11. The van der Waals surface area contributed by atoms with Crippen LogP contribution in [0.25, 0.3) is 0 Å². The van der Waals surface area contributed by atoms with Crippen LogP contribution < -0.4 is 0 Å². The maximum absolute atomic E-state index is 11.2. The number of hydrogen-bond donors (Lipinski definition) is 0. The summed E-state index contributed by atoms with van der Waals surface area (Å²) in [6.45, 7) is 0. The number of hydrogen-bond acceptors (Lipinski definition) is 1. The van der Waals surface area contributed by atoms with Gasteiger partial charge in [0.25, 0.3) is 0 Å². The Hall–Kier alpha value is -0.790. The van der Waals surface area contributed by atoms with Crippen LogP contribution in [0.2, 0.25) is 0 Å². The van der Waals surface area contributed by atoms with Gasteiger partial charge in [0.05, 0.1) is 0 Å². The van der Waals surface area contributed by atoms with Crippen LogP contribution in [0.15, 0.2) is 11.9 Å². The van der Waals surface area contributed by atoms with Crippen LogP contribution in [0.3, 0.4) is 0 Å². The quantitative estimate of drug-likeness (QED) is 0.578. The fourth-order valence-electron chi connectivity index (χ4n) is 0.284. The second-order valence-corrected chi connectivity index (χ2v) is 1.93. The van der Waals surface area contributed by atoms with Gasteiger partial charge in [-0.1, -0.05) is 0 Å². The first-order chi connectivity index (χ1) is 6.11. The molecule has 0 radical (unpaired) electrons. The molecule has 0 atom stereocenters. The van der Waals surface area contributed by atoms with Gasteiger partial charge in [-0.2, -0.15) is 26.3 Å². The molecule has 0 aliphatic carbocycles. The molecular formula is C6H7F7O. The van der Waals surface area contributed by atoms with E-state index in [-0.39, 0.29) is 0 Å². The molecule has 0 N–H and O–H groups in total. The van der Waals surface area contributed by atoms with Gasteiger partial charge in [-0.15, -0.1) is 0 Å². The lowest BCUT2D eigenvalue weighted by Gasteiger charge is -2.12. The van der Waals surface area contributed by atoms with Crippen molar-refractivity contribution in [1.29, 1.82) is 0 Å². The molecule has 0 saturated heterocycles. The normalized spacial score (nSPS) is 11.5. The SMILES string of the molecule is COC.FC=C(C(F)(F)F)C(F)(F)F. The van der Waals surface area contributed by atoms with Crippen LogP contribution in [-0.2, 0) is 4.74 Å². The minimum Gasteiger partial charge on any atom is -0.388 e. The lowest BCUT2D eigenvalue weighted by atomic mass is 10.3. The number of halogens is 7. The van der Waals surface area contributed by atoms with Crippen molar-refractivity contribution < 1.29 is 35.5 Å². The van der Waals surface area contributed by atoms with Gasteiger partial charge in [-0.3, -0.25) is 0 Å². The molecule has 0 aliphatic rings. The van der Waals surface area contributed by atoms with E-state index in [9.17, 15) is 30.7 Å². The third-order valence-electron chi connectivity index (χ3n) is 0.720. The molecule has 0 aromatic carbocycles. The molecule has 0 saturated carbocycles. The Morgan fingerprint density at radius 2 is 1.14 bits per heavy atom. The van der Waals surface area contributed by atoms with E-state index in [0.717, 1.165) is 0 Å². The van der Waals surface area contributed by atoms with Gasteiger partial charge >= 0.3 is 12.4 Å². The second kappa shape index (κ2) is 5.84. The summed E-state index contributed by atoms with van der Waals surface area (Å²) in [6.07, 6.45) is -12.9. The van der Waals surface area contributed by atoms with Crippen LogP contribution in [0.5, 0.6) is 0 Å². The predicted octanol–water partition coefficient (Wildman–Crippen LogP) is 3.23. The summed E-state index contributed by atoms with van der Waals surface area (Å²) in [7, 11) is 3.25. The van der Waals surface area contributed by atoms with Crippen molar-refractivity contribution in [2.75, 3.05) is 14.2 Å². The van der Waals surface area contributed by atoms with Crippen LogP contribution >= 0.6 is 0 Å². The topological polar surface area (TPSA) is 9.23 Å². The van der Waals surface area contributed by atoms with Crippen molar-refractivity contribution in [3.63, 3.8) is 0 Å². The number of methoxy groups -OCH3 is 1. The highest BCUT2D eigenvalue weighted by Crippen LogP contribution is 2.38. The molecule has 86 valence electrons. The fraction of sp³-hybridized carbons (Fsp3) is 0.667. The molecular weight excluding hydrogens is 221 g/mol. The molecule has 14 heavy (non-hydrogen) atoms. The summed E-state index contributed by atoms with van der Waals surface area (Å²) in [5, 5.41) is 0. The van der Waals surface area contributed by atoms with Gasteiger partial charge in [0, 0.05) is 14.2 Å². The fourth-order valence-corrected chi connectivity index (χ4v) is 0.284. The molecule has 8 heteroatoms. The molecule has 0 unspecified atom stereocenters. The number of ether oxygens (including phenoxy) is 1. The van der Waals surface area contributed by atoms with E-state index in [1.54, 1.807) is 14.2 Å². The summed E-state index contributed by atoms with van der Waals surface area (Å²) >= 11 is 0. The van der Waals surface area contributed by atoms with Crippen LogP contribution in [-0.4, -0.2) is 26.6 Å². The zero-order valence-electron chi connectivity index (χ0n) is 7.13. The van der Waals surface area contributed by atoms with Gasteiger partial charge in [0.15, 0.2) is 5.57 Å². The molecule has 0 heterocycles. The van der Waals surface area contributed by atoms with Gasteiger partial charge < -0.3 is 4.74 Å². The monoisotopic (exact) mass is 228 g/mol. The Bertz CT molecular complexity index is 162. The van der Waals surface area contributed by atoms with Crippen molar-refractivity contribution in [3.05, 3.63) is 11.9 Å². The van der Waals surface area contributed by atoms with Crippen LogP contribution in [0.4, 0.5) is 30.7 Å². The minimum atomic E-state index is -5.69. The summed E-state index contributed by atoms with van der Waals surface area (Å²) in [5.41, 5.74) is -3.13. The molecule has 0 rings (SSSR count). The Morgan fingerprint density at radius 1 is 0.929 bits per heavy atom.